The van der Waals surface area contributed by atoms with Gasteiger partial charge in [-0.2, -0.15) is 10.6 Å². The molecule has 0 rings (SSSR count). The van der Waals surface area contributed by atoms with E-state index in [-0.39, 0.29) is 0 Å². The molecule has 0 saturated heterocycles. The number of hydrogen-bond donors (Lipinski definition) is 1. The van der Waals surface area contributed by atoms with Crippen LogP contribution in [0.3, 0.4) is 0 Å². The first-order valence-corrected chi connectivity index (χ1v) is 3.65. The van der Waals surface area contributed by atoms with E-state index < -0.39 is 0 Å². The maximum atomic E-state index is 6.28. The lowest BCUT2D eigenvalue weighted by Crippen LogP contribution is -1.79. The lowest BCUT2D eigenvalue weighted by molar-refractivity contribution is 0.657. The fraction of sp³-hybridized carbons (Fsp3) is 1.00. The number of unbranched alkanes of at least 4 members (excludes halogenated alkanes) is 3. The van der Waals surface area contributed by atoms with Gasteiger partial charge in [-0.15, -0.1) is 0 Å². The van der Waals surface area contributed by atoms with Crippen LogP contribution in [0, 0.1) is 5.53 Å². The van der Waals surface area contributed by atoms with E-state index in [1.165, 1.54) is 19.3 Å². The predicted molar refractivity (Wildman–Crippen MR) is 39.0 cm³/mol. The molecule has 0 amide bonds. The van der Waals surface area contributed by atoms with Crippen molar-refractivity contribution >= 4 is 0 Å². The molecule has 0 fully saturated rings. The van der Waals surface area contributed by atoms with Crippen molar-refractivity contribution in [3.63, 3.8) is 0 Å². The highest BCUT2D eigenvalue weighted by Gasteiger charge is 1.84. The van der Waals surface area contributed by atoms with Gasteiger partial charge in [0.05, 0.1) is 6.54 Å². The summed E-state index contributed by atoms with van der Waals surface area (Å²) in [4.78, 5) is 0. The first-order chi connectivity index (χ1) is 4.91. The van der Waals surface area contributed by atoms with E-state index in [4.69, 9.17) is 5.53 Å². The quantitative estimate of drug-likeness (QED) is 0.336. The average Bonchev–Trinajstić information content (AvgIpc) is 1.97. The van der Waals surface area contributed by atoms with E-state index >= 15 is 0 Å². The van der Waals surface area contributed by atoms with Crippen LogP contribution < -0.4 is 0 Å². The van der Waals surface area contributed by atoms with Crippen LogP contribution in [0.25, 0.3) is 0 Å². The molecule has 0 unspecified atom stereocenters. The Balaban J connectivity index is 2.90. The van der Waals surface area contributed by atoms with Gasteiger partial charge < -0.3 is 0 Å². The molecule has 0 aromatic carbocycles. The lowest BCUT2D eigenvalue weighted by Gasteiger charge is -1.91. The van der Waals surface area contributed by atoms with Gasteiger partial charge >= 0.3 is 0 Å². The van der Waals surface area contributed by atoms with Gasteiger partial charge in [-0.25, -0.2) is 0 Å². The molecule has 0 aromatic heterocycles. The lowest BCUT2D eigenvalue weighted by atomic mass is 10.2. The van der Waals surface area contributed by atoms with Gasteiger partial charge in [0, 0.05) is 0 Å². The van der Waals surface area contributed by atoms with E-state index in [2.05, 4.69) is 22.5 Å². The summed E-state index contributed by atoms with van der Waals surface area (Å²) < 4.78 is 0. The molecule has 0 atom stereocenters. The van der Waals surface area contributed by atoms with E-state index in [9.17, 15) is 0 Å². The van der Waals surface area contributed by atoms with E-state index in [1.807, 2.05) is 0 Å². The molecular formula is C6H14N4. The van der Waals surface area contributed by atoms with Crippen molar-refractivity contribution in [3.05, 3.63) is 0 Å². The molecule has 58 valence electrons. The van der Waals surface area contributed by atoms with Crippen LogP contribution >= 0.6 is 0 Å². The second-order valence-corrected chi connectivity index (χ2v) is 2.12. The van der Waals surface area contributed by atoms with Gasteiger partial charge in [-0.1, -0.05) is 26.2 Å². The largest absolute Gasteiger partial charge is 0.183 e. The van der Waals surface area contributed by atoms with Gasteiger partial charge in [0.2, 0.25) is 0 Å². The smallest absolute Gasteiger partial charge is 0.0621 e. The second kappa shape index (κ2) is 8.20. The van der Waals surface area contributed by atoms with Crippen molar-refractivity contribution in [1.29, 1.82) is 5.53 Å². The van der Waals surface area contributed by atoms with Crippen molar-refractivity contribution < 1.29 is 0 Å². The number of rotatable bonds is 6. The van der Waals surface area contributed by atoms with Gasteiger partial charge in [0.25, 0.3) is 0 Å². The number of hydrogen-bond acceptors (Lipinski definition) is 2. The van der Waals surface area contributed by atoms with Gasteiger partial charge in [-0.05, 0) is 16.9 Å². The minimum Gasteiger partial charge on any atom is -0.183 e. The van der Waals surface area contributed by atoms with Crippen LogP contribution in [0.15, 0.2) is 15.6 Å². The molecule has 0 spiro atoms. The highest BCUT2D eigenvalue weighted by molar-refractivity contribution is 4.41. The van der Waals surface area contributed by atoms with Gasteiger partial charge in [0.1, 0.15) is 0 Å². The average molecular weight is 142 g/mol. The van der Waals surface area contributed by atoms with E-state index in [0.717, 1.165) is 6.42 Å². The first-order valence-electron chi connectivity index (χ1n) is 3.65. The third-order valence-electron chi connectivity index (χ3n) is 1.22. The zero-order valence-electron chi connectivity index (χ0n) is 6.38. The maximum Gasteiger partial charge on any atom is 0.0621 e. The van der Waals surface area contributed by atoms with Crippen LogP contribution in [0.2, 0.25) is 0 Å². The van der Waals surface area contributed by atoms with Crippen LogP contribution in [0.5, 0.6) is 0 Å². The fourth-order valence-electron chi connectivity index (χ4n) is 0.686. The first kappa shape index (κ1) is 9.20. The number of nitrogens with zero attached hydrogens (tertiary/aromatic N) is 3. The zero-order valence-corrected chi connectivity index (χ0v) is 6.38. The van der Waals surface area contributed by atoms with E-state index in [1.54, 1.807) is 0 Å². The molecule has 4 nitrogen and oxygen atoms in total. The summed E-state index contributed by atoms with van der Waals surface area (Å²) in [5.41, 5.74) is 6.28. The molecule has 0 aliphatic rings. The van der Waals surface area contributed by atoms with Crippen LogP contribution in [-0.4, -0.2) is 6.54 Å². The van der Waals surface area contributed by atoms with E-state index in [0.29, 0.717) is 6.54 Å². The topological polar surface area (TPSA) is 60.9 Å². The third kappa shape index (κ3) is 7.20. The summed E-state index contributed by atoms with van der Waals surface area (Å²) in [5.74, 6) is 0. The molecule has 0 saturated carbocycles. The summed E-state index contributed by atoms with van der Waals surface area (Å²) in [5, 5.41) is 9.58. The summed E-state index contributed by atoms with van der Waals surface area (Å²) in [6.07, 6.45) is 4.76. The summed E-state index contributed by atoms with van der Waals surface area (Å²) in [6, 6.07) is 0. The molecule has 0 radical (unpaired) electrons. The van der Waals surface area contributed by atoms with Crippen molar-refractivity contribution in [1.82, 2.24) is 0 Å². The highest BCUT2D eigenvalue weighted by Crippen LogP contribution is 1.98. The van der Waals surface area contributed by atoms with Crippen LogP contribution in [0.4, 0.5) is 0 Å². The molecule has 0 aliphatic heterocycles. The Hall–Kier alpha value is -0.800. The molecule has 10 heavy (non-hydrogen) atoms. The standard InChI is InChI=1S/C6H14N4/c1-2-3-4-5-6-8-10-9-7/h7H,2-6H2,1H3/b9-7?,10-8+. The van der Waals surface area contributed by atoms with Crippen molar-refractivity contribution in [3.8, 4) is 0 Å². The fourth-order valence-corrected chi connectivity index (χ4v) is 0.686. The Labute approximate surface area is 61.2 Å². The Kier molecular flexibility index (Phi) is 7.54. The number of nitrogens with one attached hydrogen (secondary N) is 1. The van der Waals surface area contributed by atoms with Gasteiger partial charge in [0.15, 0.2) is 0 Å². The zero-order chi connectivity index (χ0) is 7.66. The Morgan fingerprint density at radius 2 is 2.00 bits per heavy atom. The van der Waals surface area contributed by atoms with Crippen LogP contribution in [-0.2, 0) is 0 Å². The molecule has 0 aliphatic carbocycles. The molecular weight excluding hydrogens is 128 g/mol. The monoisotopic (exact) mass is 142 g/mol. The minimum absolute atomic E-state index is 0.711. The van der Waals surface area contributed by atoms with Crippen LogP contribution in [0.1, 0.15) is 32.6 Å². The second-order valence-electron chi connectivity index (χ2n) is 2.12. The Morgan fingerprint density at radius 3 is 2.60 bits per heavy atom. The van der Waals surface area contributed by atoms with Gasteiger partial charge in [-0.3, -0.25) is 0 Å². The molecule has 4 heteroatoms. The predicted octanol–water partition coefficient (Wildman–Crippen LogP) is 2.96. The summed E-state index contributed by atoms with van der Waals surface area (Å²) in [7, 11) is 0. The summed E-state index contributed by atoms with van der Waals surface area (Å²) in [6.45, 7) is 2.88. The highest BCUT2D eigenvalue weighted by atomic mass is 15.4. The molecule has 1 N–H and O–H groups in total. The Bertz CT molecular complexity index is 99.9. The normalized spacial score (nSPS) is 10.5. The SMILES string of the molecule is CCCCCC/N=N/N=N. The summed E-state index contributed by atoms with van der Waals surface area (Å²) >= 11 is 0. The maximum absolute atomic E-state index is 6.28. The third-order valence-corrected chi connectivity index (χ3v) is 1.22. The van der Waals surface area contributed by atoms with Crippen molar-refractivity contribution in [2.75, 3.05) is 6.54 Å². The molecule has 0 aromatic rings. The van der Waals surface area contributed by atoms with Crippen molar-refractivity contribution in [2.24, 2.45) is 15.6 Å². The molecule has 0 bridgehead atoms. The molecule has 0 heterocycles. The Morgan fingerprint density at radius 1 is 1.20 bits per heavy atom. The minimum atomic E-state index is 0.711. The van der Waals surface area contributed by atoms with Crippen molar-refractivity contribution in [2.45, 2.75) is 32.6 Å².